The van der Waals surface area contributed by atoms with Crippen LogP contribution in [0.5, 0.6) is 0 Å². The van der Waals surface area contributed by atoms with Crippen molar-refractivity contribution in [1.82, 2.24) is 10.3 Å². The Kier molecular flexibility index (Phi) is 4.12. The fraction of sp³-hybridized carbons (Fsp3) is 0.267. The van der Waals surface area contributed by atoms with Crippen LogP contribution in [-0.4, -0.2) is 16.6 Å². The molecule has 0 bridgehead atoms. The molecule has 0 radical (unpaired) electrons. The molecule has 2 aromatic heterocycles. The van der Waals surface area contributed by atoms with Crippen LogP contribution in [-0.2, 0) is 0 Å². The maximum Gasteiger partial charge on any atom is 0.109 e. The maximum absolute atomic E-state index is 10.3. The molecule has 0 fully saturated rings. The van der Waals surface area contributed by atoms with Crippen molar-refractivity contribution in [1.29, 1.82) is 0 Å². The molecular formula is C15H16N2OS2. The Morgan fingerprint density at radius 1 is 1.35 bits per heavy atom. The minimum absolute atomic E-state index is 0.166. The molecule has 5 heteroatoms. The number of aliphatic hydroxyl groups excluding tert-OH is 1. The Bertz CT molecular complexity index is 645. The molecule has 2 atom stereocenters. The third-order valence-corrected chi connectivity index (χ3v) is 5.39. The number of hydrogen-bond acceptors (Lipinski definition) is 5. The van der Waals surface area contributed by atoms with E-state index < -0.39 is 6.10 Å². The lowest BCUT2D eigenvalue weighted by Gasteiger charge is -2.14. The standard InChI is InChI=1S/C15H16N2OS2/c1-10(15-16-6-7-19-15)17-9-12(18)14-8-11-4-2-3-5-13(11)20-14/h2-8,10,12,17-18H,9H2,1H3. The van der Waals surface area contributed by atoms with Crippen molar-refractivity contribution < 1.29 is 5.11 Å². The summed E-state index contributed by atoms with van der Waals surface area (Å²) in [5.74, 6) is 0. The summed E-state index contributed by atoms with van der Waals surface area (Å²) in [6, 6.07) is 10.4. The molecule has 3 nitrogen and oxygen atoms in total. The number of aliphatic hydroxyl groups is 1. The van der Waals surface area contributed by atoms with E-state index in [1.54, 1.807) is 28.9 Å². The fourth-order valence-electron chi connectivity index (χ4n) is 2.09. The van der Waals surface area contributed by atoms with Crippen molar-refractivity contribution in [3.05, 3.63) is 51.8 Å². The van der Waals surface area contributed by atoms with Gasteiger partial charge in [-0.15, -0.1) is 22.7 Å². The van der Waals surface area contributed by atoms with Gasteiger partial charge in [0, 0.05) is 27.7 Å². The zero-order chi connectivity index (χ0) is 13.9. The van der Waals surface area contributed by atoms with Crippen molar-refractivity contribution in [2.24, 2.45) is 0 Å². The van der Waals surface area contributed by atoms with E-state index in [1.807, 2.05) is 17.5 Å². The number of fused-ring (bicyclic) bond motifs is 1. The first kappa shape index (κ1) is 13.7. The average molecular weight is 304 g/mol. The van der Waals surface area contributed by atoms with Gasteiger partial charge >= 0.3 is 0 Å². The van der Waals surface area contributed by atoms with Crippen molar-refractivity contribution in [2.75, 3.05) is 6.54 Å². The van der Waals surface area contributed by atoms with Crippen LogP contribution < -0.4 is 5.32 Å². The van der Waals surface area contributed by atoms with Gasteiger partial charge in [-0.2, -0.15) is 0 Å². The van der Waals surface area contributed by atoms with Gasteiger partial charge in [-0.05, 0) is 24.4 Å². The predicted octanol–water partition coefficient (Wildman–Crippen LogP) is 3.74. The van der Waals surface area contributed by atoms with Crippen molar-refractivity contribution in [3.63, 3.8) is 0 Å². The monoisotopic (exact) mass is 304 g/mol. The lowest BCUT2D eigenvalue weighted by Crippen LogP contribution is -2.24. The summed E-state index contributed by atoms with van der Waals surface area (Å²) in [6.45, 7) is 2.60. The first-order valence-electron chi connectivity index (χ1n) is 6.53. The summed E-state index contributed by atoms with van der Waals surface area (Å²) >= 11 is 3.28. The summed E-state index contributed by atoms with van der Waals surface area (Å²) in [5, 5.41) is 17.8. The lowest BCUT2D eigenvalue weighted by atomic mass is 10.2. The summed E-state index contributed by atoms with van der Waals surface area (Å²) in [4.78, 5) is 5.28. The topological polar surface area (TPSA) is 45.1 Å². The summed E-state index contributed by atoms with van der Waals surface area (Å²) < 4.78 is 1.22. The molecule has 0 saturated heterocycles. The number of nitrogens with one attached hydrogen (secondary N) is 1. The molecule has 0 amide bonds. The second-order valence-corrected chi connectivity index (χ2v) is 6.74. The predicted molar refractivity (Wildman–Crippen MR) is 85.3 cm³/mol. The van der Waals surface area contributed by atoms with Crippen LogP contribution in [0.1, 0.15) is 29.0 Å². The minimum Gasteiger partial charge on any atom is -0.386 e. The largest absolute Gasteiger partial charge is 0.386 e. The Labute approximate surface area is 125 Å². The number of hydrogen-bond donors (Lipinski definition) is 2. The molecule has 2 N–H and O–H groups in total. The first-order valence-corrected chi connectivity index (χ1v) is 8.23. The SMILES string of the molecule is CC(NCC(O)c1cc2ccccc2s1)c1nccs1. The van der Waals surface area contributed by atoms with Gasteiger partial charge in [0.25, 0.3) is 0 Å². The quantitative estimate of drug-likeness (QED) is 0.754. The van der Waals surface area contributed by atoms with Crippen molar-refractivity contribution in [3.8, 4) is 0 Å². The maximum atomic E-state index is 10.3. The van der Waals surface area contributed by atoms with Gasteiger partial charge in [-0.3, -0.25) is 0 Å². The van der Waals surface area contributed by atoms with Crippen molar-refractivity contribution in [2.45, 2.75) is 19.1 Å². The van der Waals surface area contributed by atoms with Gasteiger partial charge in [0.1, 0.15) is 11.1 Å². The van der Waals surface area contributed by atoms with Crippen LogP contribution >= 0.6 is 22.7 Å². The van der Waals surface area contributed by atoms with Crippen LogP contribution in [0.3, 0.4) is 0 Å². The van der Waals surface area contributed by atoms with Crippen LogP contribution in [0.2, 0.25) is 0 Å². The van der Waals surface area contributed by atoms with Gasteiger partial charge in [-0.25, -0.2) is 4.98 Å². The average Bonchev–Trinajstić information content (AvgIpc) is 3.12. The normalized spacial score (nSPS) is 14.5. The van der Waals surface area contributed by atoms with Crippen LogP contribution in [0.4, 0.5) is 0 Å². The highest BCUT2D eigenvalue weighted by atomic mass is 32.1. The van der Waals surface area contributed by atoms with E-state index in [4.69, 9.17) is 0 Å². The van der Waals surface area contributed by atoms with Gasteiger partial charge in [-0.1, -0.05) is 18.2 Å². The third-order valence-electron chi connectivity index (χ3n) is 3.21. The van der Waals surface area contributed by atoms with E-state index >= 15 is 0 Å². The smallest absolute Gasteiger partial charge is 0.109 e. The number of nitrogens with zero attached hydrogens (tertiary/aromatic N) is 1. The minimum atomic E-state index is -0.477. The summed E-state index contributed by atoms with van der Waals surface area (Å²) in [7, 11) is 0. The van der Waals surface area contributed by atoms with Gasteiger partial charge in [0.2, 0.25) is 0 Å². The molecule has 3 aromatic rings. The third kappa shape index (κ3) is 2.91. The van der Waals surface area contributed by atoms with E-state index in [2.05, 4.69) is 35.4 Å². The molecule has 3 rings (SSSR count). The molecule has 20 heavy (non-hydrogen) atoms. The van der Waals surface area contributed by atoms with Gasteiger partial charge in [0.05, 0.1) is 6.04 Å². The molecule has 0 aliphatic carbocycles. The zero-order valence-electron chi connectivity index (χ0n) is 11.1. The molecule has 2 unspecified atom stereocenters. The highest BCUT2D eigenvalue weighted by Crippen LogP contribution is 2.29. The molecular weight excluding hydrogens is 288 g/mol. The summed E-state index contributed by atoms with van der Waals surface area (Å²) in [5.41, 5.74) is 0. The van der Waals surface area contributed by atoms with E-state index in [-0.39, 0.29) is 6.04 Å². The van der Waals surface area contributed by atoms with Crippen LogP contribution in [0.15, 0.2) is 41.9 Å². The van der Waals surface area contributed by atoms with E-state index in [1.165, 1.54) is 10.1 Å². The molecule has 2 heterocycles. The number of aromatic nitrogens is 1. The number of thiophene rings is 1. The fourth-order valence-corrected chi connectivity index (χ4v) is 3.81. The second-order valence-electron chi connectivity index (χ2n) is 4.70. The zero-order valence-corrected chi connectivity index (χ0v) is 12.7. The first-order chi connectivity index (χ1) is 9.74. The molecule has 0 spiro atoms. The molecule has 0 aliphatic heterocycles. The Morgan fingerprint density at radius 2 is 2.20 bits per heavy atom. The van der Waals surface area contributed by atoms with Gasteiger partial charge in [0.15, 0.2) is 0 Å². The van der Waals surface area contributed by atoms with E-state index in [0.29, 0.717) is 6.54 Å². The van der Waals surface area contributed by atoms with Gasteiger partial charge < -0.3 is 10.4 Å². The number of thiazole rings is 1. The van der Waals surface area contributed by atoms with E-state index in [0.717, 1.165) is 9.88 Å². The molecule has 104 valence electrons. The highest BCUT2D eigenvalue weighted by molar-refractivity contribution is 7.19. The number of benzene rings is 1. The molecule has 0 aliphatic rings. The summed E-state index contributed by atoms with van der Waals surface area (Å²) in [6.07, 6.45) is 1.33. The Hall–Kier alpha value is -1.27. The molecule has 0 saturated carbocycles. The lowest BCUT2D eigenvalue weighted by molar-refractivity contribution is 0.174. The van der Waals surface area contributed by atoms with Crippen molar-refractivity contribution >= 4 is 32.8 Å². The molecule has 1 aromatic carbocycles. The Balaban J connectivity index is 1.65. The van der Waals surface area contributed by atoms with E-state index in [9.17, 15) is 5.11 Å². The van der Waals surface area contributed by atoms with Crippen LogP contribution in [0, 0.1) is 0 Å². The number of rotatable bonds is 5. The Morgan fingerprint density at radius 3 is 2.95 bits per heavy atom. The second kappa shape index (κ2) is 6.01. The van der Waals surface area contributed by atoms with Crippen LogP contribution in [0.25, 0.3) is 10.1 Å². The highest BCUT2D eigenvalue weighted by Gasteiger charge is 2.14.